The first-order valence-electron chi connectivity index (χ1n) is 7.30. The molecule has 0 bridgehead atoms. The van der Waals surface area contributed by atoms with Crippen LogP contribution in [0.3, 0.4) is 0 Å². The average molecular weight is 392 g/mol. The van der Waals surface area contributed by atoms with Crippen LogP contribution in [0, 0.1) is 0 Å². The standard InChI is InChI=1S/C20H10Cl4/c21-12-5-6-14-16(8-12)15(7-11-3-1-2-4-18(11)23)17-9-13(22)10-19(24)20(14)17/h1-10H. The van der Waals surface area contributed by atoms with Gasteiger partial charge in [0, 0.05) is 20.6 Å². The third kappa shape index (κ3) is 2.64. The molecule has 0 amide bonds. The maximum atomic E-state index is 6.47. The normalized spacial score (nSPS) is 13.9. The zero-order valence-electron chi connectivity index (χ0n) is 12.3. The molecule has 0 fully saturated rings. The van der Waals surface area contributed by atoms with Gasteiger partial charge in [-0.2, -0.15) is 0 Å². The summed E-state index contributed by atoms with van der Waals surface area (Å²) in [6.07, 6.45) is 2.05. The smallest absolute Gasteiger partial charge is 0.0505 e. The van der Waals surface area contributed by atoms with Gasteiger partial charge in [0.05, 0.1) is 5.02 Å². The van der Waals surface area contributed by atoms with Crippen molar-refractivity contribution in [3.05, 3.63) is 91.4 Å². The van der Waals surface area contributed by atoms with E-state index in [0.717, 1.165) is 33.4 Å². The molecule has 0 unspecified atom stereocenters. The minimum Gasteiger partial charge on any atom is -0.0843 e. The van der Waals surface area contributed by atoms with Crippen LogP contribution >= 0.6 is 46.4 Å². The third-order valence-electron chi connectivity index (χ3n) is 4.09. The van der Waals surface area contributed by atoms with Gasteiger partial charge >= 0.3 is 0 Å². The molecule has 0 aliphatic heterocycles. The summed E-state index contributed by atoms with van der Waals surface area (Å²) in [7, 11) is 0. The SMILES string of the molecule is Clc1ccc2c(c1)C(=Cc1ccccc1Cl)c1cc(Cl)cc(Cl)c1-2. The Hall–Kier alpha value is -1.44. The van der Waals surface area contributed by atoms with Gasteiger partial charge in [-0.1, -0.05) is 70.7 Å². The largest absolute Gasteiger partial charge is 0.0843 e. The molecule has 0 saturated carbocycles. The van der Waals surface area contributed by atoms with E-state index in [1.54, 1.807) is 6.07 Å². The lowest BCUT2D eigenvalue weighted by molar-refractivity contribution is 1.63. The summed E-state index contributed by atoms with van der Waals surface area (Å²) in [5.41, 5.74) is 6.00. The Kier molecular flexibility index (Phi) is 4.10. The summed E-state index contributed by atoms with van der Waals surface area (Å²) in [6.45, 7) is 0. The molecule has 1 aliphatic carbocycles. The molecule has 0 N–H and O–H groups in total. The maximum Gasteiger partial charge on any atom is 0.0505 e. The molecule has 118 valence electrons. The minimum atomic E-state index is 0.600. The van der Waals surface area contributed by atoms with Crippen LogP contribution in [0.4, 0.5) is 0 Å². The average Bonchev–Trinajstić information content (AvgIpc) is 2.83. The molecule has 1 aliphatic rings. The highest BCUT2D eigenvalue weighted by Gasteiger charge is 2.26. The molecule has 0 spiro atoms. The van der Waals surface area contributed by atoms with Gasteiger partial charge in [-0.15, -0.1) is 0 Å². The highest BCUT2D eigenvalue weighted by molar-refractivity contribution is 6.38. The number of halogens is 4. The van der Waals surface area contributed by atoms with Crippen molar-refractivity contribution in [1.82, 2.24) is 0 Å². The van der Waals surface area contributed by atoms with E-state index in [4.69, 9.17) is 46.4 Å². The Balaban J connectivity index is 2.05. The number of hydrogen-bond donors (Lipinski definition) is 0. The van der Waals surface area contributed by atoms with E-state index in [1.807, 2.05) is 48.5 Å². The summed E-state index contributed by atoms with van der Waals surface area (Å²) in [5.74, 6) is 0. The van der Waals surface area contributed by atoms with Gasteiger partial charge in [0.1, 0.15) is 0 Å². The number of hydrogen-bond acceptors (Lipinski definition) is 0. The zero-order valence-corrected chi connectivity index (χ0v) is 15.3. The van der Waals surface area contributed by atoms with E-state index in [9.17, 15) is 0 Å². The van der Waals surface area contributed by atoms with Crippen LogP contribution in [0.15, 0.2) is 54.6 Å². The fourth-order valence-corrected chi connectivity index (χ4v) is 4.02. The molecule has 0 nitrogen and oxygen atoms in total. The second-order valence-electron chi connectivity index (χ2n) is 5.58. The molecule has 4 rings (SSSR count). The second kappa shape index (κ2) is 6.13. The van der Waals surface area contributed by atoms with E-state index in [2.05, 4.69) is 6.08 Å². The first-order valence-corrected chi connectivity index (χ1v) is 8.82. The van der Waals surface area contributed by atoms with Gasteiger partial charge in [0.25, 0.3) is 0 Å². The van der Waals surface area contributed by atoms with Gasteiger partial charge < -0.3 is 0 Å². The van der Waals surface area contributed by atoms with Crippen LogP contribution in [0.2, 0.25) is 20.1 Å². The third-order valence-corrected chi connectivity index (χ3v) is 5.19. The van der Waals surface area contributed by atoms with Gasteiger partial charge in [-0.05, 0) is 64.2 Å². The lowest BCUT2D eigenvalue weighted by atomic mass is 10.0. The van der Waals surface area contributed by atoms with E-state index < -0.39 is 0 Å². The first kappa shape index (κ1) is 16.1. The van der Waals surface area contributed by atoms with Crippen molar-refractivity contribution in [3.63, 3.8) is 0 Å². The van der Waals surface area contributed by atoms with Crippen LogP contribution in [0.5, 0.6) is 0 Å². The summed E-state index contributed by atoms with van der Waals surface area (Å²) >= 11 is 25.3. The van der Waals surface area contributed by atoms with E-state index in [1.165, 1.54) is 0 Å². The van der Waals surface area contributed by atoms with Crippen molar-refractivity contribution in [3.8, 4) is 11.1 Å². The van der Waals surface area contributed by atoms with Crippen molar-refractivity contribution in [1.29, 1.82) is 0 Å². The molecule has 0 saturated heterocycles. The molecular formula is C20H10Cl4. The molecule has 4 heteroatoms. The molecule has 3 aromatic rings. The Labute approximate surface area is 160 Å². The maximum absolute atomic E-state index is 6.47. The molecule has 24 heavy (non-hydrogen) atoms. The summed E-state index contributed by atoms with van der Waals surface area (Å²) in [5, 5.41) is 2.59. The van der Waals surface area contributed by atoms with Gasteiger partial charge in [-0.3, -0.25) is 0 Å². The monoisotopic (exact) mass is 390 g/mol. The van der Waals surface area contributed by atoms with E-state index >= 15 is 0 Å². The quantitative estimate of drug-likeness (QED) is 0.309. The highest BCUT2D eigenvalue weighted by Crippen LogP contribution is 2.50. The predicted molar refractivity (Wildman–Crippen MR) is 105 cm³/mol. The summed E-state index contributed by atoms with van der Waals surface area (Å²) < 4.78 is 0. The van der Waals surface area contributed by atoms with Crippen molar-refractivity contribution in [2.24, 2.45) is 0 Å². The van der Waals surface area contributed by atoms with Crippen LogP contribution in [0.25, 0.3) is 22.8 Å². The number of fused-ring (bicyclic) bond motifs is 3. The molecule has 0 radical (unpaired) electrons. The van der Waals surface area contributed by atoms with Gasteiger partial charge in [0.15, 0.2) is 0 Å². The van der Waals surface area contributed by atoms with Crippen molar-refractivity contribution in [2.75, 3.05) is 0 Å². The molecule has 3 aromatic carbocycles. The number of rotatable bonds is 1. The predicted octanol–water partition coefficient (Wildman–Crippen LogP) is 7.87. The molecular weight excluding hydrogens is 382 g/mol. The minimum absolute atomic E-state index is 0.600. The van der Waals surface area contributed by atoms with Gasteiger partial charge in [-0.25, -0.2) is 0 Å². The molecule has 0 heterocycles. The Bertz CT molecular complexity index is 1000. The fraction of sp³-hybridized carbons (Fsp3) is 0. The summed E-state index contributed by atoms with van der Waals surface area (Å²) in [6, 6.07) is 17.2. The highest BCUT2D eigenvalue weighted by atomic mass is 35.5. The number of benzene rings is 3. The summed E-state index contributed by atoms with van der Waals surface area (Å²) in [4.78, 5) is 0. The lowest BCUT2D eigenvalue weighted by Crippen LogP contribution is -1.84. The van der Waals surface area contributed by atoms with E-state index in [0.29, 0.717) is 20.1 Å². The van der Waals surface area contributed by atoms with Crippen molar-refractivity contribution >= 4 is 58.1 Å². The van der Waals surface area contributed by atoms with Crippen molar-refractivity contribution in [2.45, 2.75) is 0 Å². The van der Waals surface area contributed by atoms with Crippen LogP contribution in [-0.4, -0.2) is 0 Å². The first-order chi connectivity index (χ1) is 11.5. The Morgan fingerprint density at radius 3 is 2.17 bits per heavy atom. The van der Waals surface area contributed by atoms with Crippen LogP contribution in [-0.2, 0) is 0 Å². The lowest BCUT2D eigenvalue weighted by Gasteiger charge is -2.06. The van der Waals surface area contributed by atoms with E-state index in [-0.39, 0.29) is 0 Å². The topological polar surface area (TPSA) is 0 Å². The van der Waals surface area contributed by atoms with Crippen LogP contribution in [0.1, 0.15) is 16.7 Å². The van der Waals surface area contributed by atoms with Crippen molar-refractivity contribution < 1.29 is 0 Å². The molecule has 0 aromatic heterocycles. The Morgan fingerprint density at radius 1 is 0.625 bits per heavy atom. The van der Waals surface area contributed by atoms with Crippen LogP contribution < -0.4 is 0 Å². The Morgan fingerprint density at radius 2 is 1.38 bits per heavy atom. The zero-order chi connectivity index (χ0) is 16.8. The fourth-order valence-electron chi connectivity index (χ4n) is 3.07. The molecule has 0 atom stereocenters. The second-order valence-corrected chi connectivity index (χ2v) is 7.27. The van der Waals surface area contributed by atoms with Gasteiger partial charge in [0.2, 0.25) is 0 Å².